The first-order valence-electron chi connectivity index (χ1n) is 8.37. The molecule has 132 valence electrons. The first-order valence-corrected chi connectivity index (χ1v) is 8.37. The van der Waals surface area contributed by atoms with Gasteiger partial charge in [-0.15, -0.1) is 0 Å². The number of carbonyl (C=O) groups is 1. The second-order valence-corrected chi connectivity index (χ2v) is 7.26. The molecule has 1 amide bonds. The quantitative estimate of drug-likeness (QED) is 0.900. The smallest absolute Gasteiger partial charge is 0.226 e. The standard InChI is InChI=1S/C18H23F2NO3/c1-17(23)6-9-24-18(12-17)4-7-21(8-5-18)16(22)11-13-2-3-14(19)15(20)10-13/h2-3,10,23H,4-9,11-12H2,1H3. The third kappa shape index (κ3) is 3.75. The van der Waals surface area contributed by atoms with Crippen LogP contribution in [0, 0.1) is 11.6 Å². The number of aliphatic hydroxyl groups is 1. The maximum Gasteiger partial charge on any atom is 0.226 e. The van der Waals surface area contributed by atoms with Gasteiger partial charge in [0.1, 0.15) is 0 Å². The van der Waals surface area contributed by atoms with Gasteiger partial charge < -0.3 is 14.7 Å². The van der Waals surface area contributed by atoms with E-state index < -0.39 is 17.2 Å². The Morgan fingerprint density at radius 2 is 1.96 bits per heavy atom. The van der Waals surface area contributed by atoms with Crippen LogP contribution in [0.1, 0.15) is 38.2 Å². The van der Waals surface area contributed by atoms with Crippen LogP contribution in [0.4, 0.5) is 8.78 Å². The Hall–Kier alpha value is -1.53. The van der Waals surface area contributed by atoms with Crippen molar-refractivity contribution in [1.82, 2.24) is 4.90 Å². The monoisotopic (exact) mass is 339 g/mol. The molecule has 6 heteroatoms. The Labute approximate surface area is 140 Å². The zero-order valence-corrected chi connectivity index (χ0v) is 13.9. The van der Waals surface area contributed by atoms with Crippen LogP contribution < -0.4 is 0 Å². The molecule has 0 aromatic heterocycles. The first kappa shape index (κ1) is 17.3. The van der Waals surface area contributed by atoms with Crippen LogP contribution in [0.3, 0.4) is 0 Å². The molecular weight excluding hydrogens is 316 g/mol. The molecule has 0 aliphatic carbocycles. The van der Waals surface area contributed by atoms with Crippen LogP contribution in [0.15, 0.2) is 18.2 Å². The molecule has 24 heavy (non-hydrogen) atoms. The van der Waals surface area contributed by atoms with Crippen molar-refractivity contribution in [3.63, 3.8) is 0 Å². The minimum atomic E-state index is -0.935. The Bertz CT molecular complexity index is 625. The maximum absolute atomic E-state index is 13.2. The van der Waals surface area contributed by atoms with E-state index in [1.165, 1.54) is 6.07 Å². The van der Waals surface area contributed by atoms with Crippen molar-refractivity contribution in [2.24, 2.45) is 0 Å². The van der Waals surface area contributed by atoms with E-state index >= 15 is 0 Å². The number of hydrogen-bond donors (Lipinski definition) is 1. The fourth-order valence-corrected chi connectivity index (χ4v) is 3.74. The fourth-order valence-electron chi connectivity index (χ4n) is 3.74. The molecule has 1 atom stereocenters. The maximum atomic E-state index is 13.2. The van der Waals surface area contributed by atoms with Crippen molar-refractivity contribution < 1.29 is 23.4 Å². The normalized spacial score (nSPS) is 26.6. The summed E-state index contributed by atoms with van der Waals surface area (Å²) in [6, 6.07) is 3.55. The number of likely N-dealkylation sites (tertiary alicyclic amines) is 1. The highest BCUT2D eigenvalue weighted by molar-refractivity contribution is 5.78. The number of rotatable bonds is 2. The molecule has 3 rings (SSSR count). The third-order valence-electron chi connectivity index (χ3n) is 5.12. The molecule has 1 N–H and O–H groups in total. The Kier molecular flexibility index (Phi) is 4.62. The lowest BCUT2D eigenvalue weighted by molar-refractivity contribution is -0.175. The van der Waals surface area contributed by atoms with Crippen LogP contribution in [0.25, 0.3) is 0 Å². The molecule has 1 spiro atoms. The Balaban J connectivity index is 1.58. The van der Waals surface area contributed by atoms with Crippen molar-refractivity contribution >= 4 is 5.91 Å². The number of hydrogen-bond acceptors (Lipinski definition) is 3. The van der Waals surface area contributed by atoms with Gasteiger partial charge >= 0.3 is 0 Å². The van der Waals surface area contributed by atoms with Crippen LogP contribution >= 0.6 is 0 Å². The minimum absolute atomic E-state index is 0.0583. The van der Waals surface area contributed by atoms with Gasteiger partial charge in [0.25, 0.3) is 0 Å². The summed E-state index contributed by atoms with van der Waals surface area (Å²) in [6.07, 6.45) is 2.65. The summed E-state index contributed by atoms with van der Waals surface area (Å²) in [7, 11) is 0. The predicted molar refractivity (Wildman–Crippen MR) is 84.4 cm³/mol. The second kappa shape index (κ2) is 6.41. The second-order valence-electron chi connectivity index (χ2n) is 7.26. The summed E-state index contributed by atoms with van der Waals surface area (Å²) in [5.41, 5.74) is -0.590. The van der Waals surface area contributed by atoms with E-state index in [0.717, 1.165) is 12.1 Å². The summed E-state index contributed by atoms with van der Waals surface area (Å²) >= 11 is 0. The first-order chi connectivity index (χ1) is 11.3. The van der Waals surface area contributed by atoms with Gasteiger partial charge in [-0.05, 0) is 43.9 Å². The lowest BCUT2D eigenvalue weighted by Crippen LogP contribution is -2.54. The summed E-state index contributed by atoms with van der Waals surface area (Å²) in [4.78, 5) is 14.1. The van der Waals surface area contributed by atoms with Crippen molar-refractivity contribution in [2.45, 2.75) is 50.2 Å². The van der Waals surface area contributed by atoms with E-state index in [9.17, 15) is 18.7 Å². The zero-order valence-electron chi connectivity index (χ0n) is 13.9. The van der Waals surface area contributed by atoms with E-state index in [-0.39, 0.29) is 17.9 Å². The average Bonchev–Trinajstić information content (AvgIpc) is 2.50. The molecule has 0 saturated carbocycles. The van der Waals surface area contributed by atoms with Crippen molar-refractivity contribution in [1.29, 1.82) is 0 Å². The molecule has 2 fully saturated rings. The largest absolute Gasteiger partial charge is 0.390 e. The SMILES string of the molecule is CC1(O)CCOC2(CCN(C(=O)Cc3ccc(F)c(F)c3)CC2)C1. The molecule has 4 nitrogen and oxygen atoms in total. The number of amides is 1. The highest BCUT2D eigenvalue weighted by atomic mass is 19.2. The van der Waals surface area contributed by atoms with E-state index in [0.29, 0.717) is 50.9 Å². The topological polar surface area (TPSA) is 49.8 Å². The predicted octanol–water partition coefficient (Wildman–Crippen LogP) is 2.43. The van der Waals surface area contributed by atoms with Gasteiger partial charge in [-0.2, -0.15) is 0 Å². The number of carbonyl (C=O) groups excluding carboxylic acids is 1. The fraction of sp³-hybridized carbons (Fsp3) is 0.611. The number of benzene rings is 1. The lowest BCUT2D eigenvalue weighted by atomic mass is 9.78. The molecule has 2 saturated heterocycles. The highest BCUT2D eigenvalue weighted by Gasteiger charge is 2.44. The summed E-state index contributed by atoms with van der Waals surface area (Å²) in [5.74, 6) is -1.94. The molecule has 0 radical (unpaired) electrons. The molecule has 0 bridgehead atoms. The van der Waals surface area contributed by atoms with E-state index in [4.69, 9.17) is 4.74 Å². The lowest BCUT2D eigenvalue weighted by Gasteiger charge is -2.48. The van der Waals surface area contributed by atoms with Gasteiger partial charge in [0.05, 0.1) is 24.2 Å². The van der Waals surface area contributed by atoms with E-state index in [1.807, 2.05) is 6.92 Å². The average molecular weight is 339 g/mol. The molecule has 1 aromatic rings. The van der Waals surface area contributed by atoms with Crippen molar-refractivity contribution in [2.75, 3.05) is 19.7 Å². The zero-order chi connectivity index (χ0) is 17.4. The molecule has 1 unspecified atom stereocenters. The van der Waals surface area contributed by atoms with Crippen LogP contribution in [0.2, 0.25) is 0 Å². The molecule has 1 aromatic carbocycles. The number of piperidine rings is 1. The van der Waals surface area contributed by atoms with E-state index in [2.05, 4.69) is 0 Å². The molecule has 2 heterocycles. The van der Waals surface area contributed by atoms with Crippen molar-refractivity contribution in [3.05, 3.63) is 35.4 Å². The summed E-state index contributed by atoms with van der Waals surface area (Å²) < 4.78 is 32.1. The summed E-state index contributed by atoms with van der Waals surface area (Å²) in [6.45, 7) is 3.48. The van der Waals surface area contributed by atoms with Gasteiger partial charge in [0, 0.05) is 19.5 Å². The number of ether oxygens (including phenoxy) is 1. The number of nitrogens with zero attached hydrogens (tertiary/aromatic N) is 1. The van der Waals surface area contributed by atoms with Crippen LogP contribution in [0.5, 0.6) is 0 Å². The number of halogens is 2. The van der Waals surface area contributed by atoms with Gasteiger partial charge in [-0.3, -0.25) is 4.79 Å². The van der Waals surface area contributed by atoms with Crippen LogP contribution in [-0.4, -0.2) is 46.8 Å². The van der Waals surface area contributed by atoms with E-state index in [1.54, 1.807) is 4.90 Å². The van der Waals surface area contributed by atoms with Gasteiger partial charge in [-0.25, -0.2) is 8.78 Å². The molecular formula is C18H23F2NO3. The Morgan fingerprint density at radius 1 is 1.25 bits per heavy atom. The summed E-state index contributed by atoms with van der Waals surface area (Å²) in [5, 5.41) is 10.3. The van der Waals surface area contributed by atoms with Crippen LogP contribution in [-0.2, 0) is 16.0 Å². The highest BCUT2D eigenvalue weighted by Crippen LogP contribution is 2.39. The molecule has 2 aliphatic heterocycles. The third-order valence-corrected chi connectivity index (χ3v) is 5.12. The van der Waals surface area contributed by atoms with Gasteiger partial charge in [-0.1, -0.05) is 6.07 Å². The Morgan fingerprint density at radius 3 is 2.58 bits per heavy atom. The van der Waals surface area contributed by atoms with Gasteiger partial charge in [0.2, 0.25) is 5.91 Å². The van der Waals surface area contributed by atoms with Crippen molar-refractivity contribution in [3.8, 4) is 0 Å². The minimum Gasteiger partial charge on any atom is -0.390 e. The molecule has 2 aliphatic rings. The van der Waals surface area contributed by atoms with Gasteiger partial charge in [0.15, 0.2) is 11.6 Å².